The Labute approximate surface area is 120 Å². The maximum absolute atomic E-state index is 11.9. The average Bonchev–Trinajstić information content (AvgIpc) is 2.39. The molecule has 1 saturated carbocycles. The third-order valence-electron chi connectivity index (χ3n) is 3.93. The molecule has 1 amide bonds. The third kappa shape index (κ3) is 4.44. The van der Waals surface area contributed by atoms with Gasteiger partial charge in [-0.1, -0.05) is 19.9 Å². The zero-order valence-electron chi connectivity index (χ0n) is 12.3. The molecule has 0 saturated heterocycles. The van der Waals surface area contributed by atoms with E-state index in [0.717, 1.165) is 25.7 Å². The number of amides is 1. The monoisotopic (exact) mass is 276 g/mol. The second-order valence-corrected chi connectivity index (χ2v) is 6.37. The largest absolute Gasteiger partial charge is 0.484 e. The predicted octanol–water partition coefficient (Wildman–Crippen LogP) is 2.73. The minimum atomic E-state index is -0.0582. The van der Waals surface area contributed by atoms with Gasteiger partial charge >= 0.3 is 0 Å². The quantitative estimate of drug-likeness (QED) is 0.831. The lowest BCUT2D eigenvalue weighted by Gasteiger charge is -2.34. The highest BCUT2D eigenvalue weighted by molar-refractivity contribution is 5.77. The molecular formula is C16H24N2O2. The van der Waals surface area contributed by atoms with Gasteiger partial charge in [0.25, 0.3) is 5.91 Å². The molecule has 0 heterocycles. The number of hydrogen-bond acceptors (Lipinski definition) is 3. The van der Waals surface area contributed by atoms with Crippen molar-refractivity contribution in [2.45, 2.75) is 45.6 Å². The van der Waals surface area contributed by atoms with E-state index >= 15 is 0 Å². The number of nitrogens with two attached hydrogens (primary N) is 1. The maximum Gasteiger partial charge on any atom is 0.258 e. The van der Waals surface area contributed by atoms with Crippen LogP contribution in [0.5, 0.6) is 5.75 Å². The molecule has 20 heavy (non-hydrogen) atoms. The van der Waals surface area contributed by atoms with Gasteiger partial charge in [0.05, 0.1) is 0 Å². The second-order valence-electron chi connectivity index (χ2n) is 6.37. The van der Waals surface area contributed by atoms with E-state index in [1.165, 1.54) is 0 Å². The first-order valence-electron chi connectivity index (χ1n) is 7.22. The van der Waals surface area contributed by atoms with E-state index in [2.05, 4.69) is 19.2 Å². The number of benzene rings is 1. The van der Waals surface area contributed by atoms with Crippen molar-refractivity contribution < 1.29 is 9.53 Å². The first kappa shape index (κ1) is 14.7. The predicted molar refractivity (Wildman–Crippen MR) is 80.5 cm³/mol. The first-order chi connectivity index (χ1) is 9.44. The molecule has 0 spiro atoms. The molecule has 1 aromatic carbocycles. The molecular weight excluding hydrogens is 252 g/mol. The van der Waals surface area contributed by atoms with Crippen molar-refractivity contribution in [1.82, 2.24) is 5.32 Å². The molecule has 4 heteroatoms. The average molecular weight is 276 g/mol. The molecule has 0 atom stereocenters. The summed E-state index contributed by atoms with van der Waals surface area (Å²) in [5, 5.41) is 3.05. The second kappa shape index (κ2) is 6.16. The van der Waals surface area contributed by atoms with E-state index in [0.29, 0.717) is 22.9 Å². The van der Waals surface area contributed by atoms with Crippen molar-refractivity contribution in [3.8, 4) is 5.75 Å². The van der Waals surface area contributed by atoms with Gasteiger partial charge in [0.1, 0.15) is 5.75 Å². The summed E-state index contributed by atoms with van der Waals surface area (Å²) in [5.41, 5.74) is 6.71. The van der Waals surface area contributed by atoms with Crippen molar-refractivity contribution in [2.24, 2.45) is 5.41 Å². The number of hydrogen-bond donors (Lipinski definition) is 2. The number of nitrogens with one attached hydrogen (secondary N) is 1. The van der Waals surface area contributed by atoms with Gasteiger partial charge in [-0.2, -0.15) is 0 Å². The van der Waals surface area contributed by atoms with E-state index in [1.807, 2.05) is 6.07 Å². The number of anilines is 1. The van der Waals surface area contributed by atoms with Gasteiger partial charge in [0.2, 0.25) is 0 Å². The van der Waals surface area contributed by atoms with Crippen LogP contribution in [0.3, 0.4) is 0 Å². The fourth-order valence-electron chi connectivity index (χ4n) is 2.57. The van der Waals surface area contributed by atoms with Gasteiger partial charge in [-0.3, -0.25) is 4.79 Å². The number of ether oxygens (including phenoxy) is 1. The Kier molecular flexibility index (Phi) is 4.53. The molecule has 1 aliphatic carbocycles. The molecule has 2 rings (SSSR count). The van der Waals surface area contributed by atoms with Crippen molar-refractivity contribution in [3.63, 3.8) is 0 Å². The Morgan fingerprint density at radius 2 is 2.10 bits per heavy atom. The summed E-state index contributed by atoms with van der Waals surface area (Å²) in [6.07, 6.45) is 4.43. The topological polar surface area (TPSA) is 64.3 Å². The van der Waals surface area contributed by atoms with Crippen LogP contribution >= 0.6 is 0 Å². The number of carbonyl (C=O) groups excluding carboxylic acids is 1. The van der Waals surface area contributed by atoms with Crippen molar-refractivity contribution >= 4 is 11.6 Å². The van der Waals surface area contributed by atoms with Crippen LogP contribution < -0.4 is 15.8 Å². The minimum Gasteiger partial charge on any atom is -0.484 e. The van der Waals surface area contributed by atoms with Gasteiger partial charge in [-0.05, 0) is 43.2 Å². The number of nitrogen functional groups attached to an aromatic ring is 1. The van der Waals surface area contributed by atoms with Crippen LogP contribution in [-0.4, -0.2) is 18.6 Å². The van der Waals surface area contributed by atoms with E-state index < -0.39 is 0 Å². The molecule has 0 aliphatic heterocycles. The van der Waals surface area contributed by atoms with Crippen LogP contribution in [0, 0.1) is 5.41 Å². The molecule has 1 aliphatic rings. The molecule has 0 aromatic heterocycles. The molecule has 110 valence electrons. The van der Waals surface area contributed by atoms with Gasteiger partial charge < -0.3 is 15.8 Å². The Morgan fingerprint density at radius 3 is 2.75 bits per heavy atom. The van der Waals surface area contributed by atoms with E-state index in [-0.39, 0.29) is 12.5 Å². The van der Waals surface area contributed by atoms with Gasteiger partial charge in [-0.15, -0.1) is 0 Å². The highest BCUT2D eigenvalue weighted by Gasteiger charge is 2.27. The highest BCUT2D eigenvalue weighted by atomic mass is 16.5. The van der Waals surface area contributed by atoms with Crippen LogP contribution in [0.25, 0.3) is 0 Å². The van der Waals surface area contributed by atoms with Crippen LogP contribution in [-0.2, 0) is 4.79 Å². The summed E-state index contributed by atoms with van der Waals surface area (Å²) < 4.78 is 5.44. The molecule has 3 N–H and O–H groups in total. The van der Waals surface area contributed by atoms with Crippen LogP contribution in [0.2, 0.25) is 0 Å². The standard InChI is InChI=1S/C16H24N2O2/c1-16(2)8-6-13(7-9-16)18-15(19)11-20-14-5-3-4-12(17)10-14/h3-5,10,13H,6-9,11,17H2,1-2H3,(H,18,19). The zero-order chi connectivity index (χ0) is 14.6. The summed E-state index contributed by atoms with van der Waals surface area (Å²) in [7, 11) is 0. The van der Waals surface area contributed by atoms with E-state index in [9.17, 15) is 4.79 Å². The van der Waals surface area contributed by atoms with Crippen LogP contribution in [0.15, 0.2) is 24.3 Å². The number of rotatable bonds is 4. The van der Waals surface area contributed by atoms with Gasteiger partial charge in [-0.25, -0.2) is 0 Å². The maximum atomic E-state index is 11.9. The van der Waals surface area contributed by atoms with Crippen LogP contribution in [0.4, 0.5) is 5.69 Å². The molecule has 1 aromatic rings. The SMILES string of the molecule is CC1(C)CCC(NC(=O)COc2cccc(N)c2)CC1. The van der Waals surface area contributed by atoms with E-state index in [1.54, 1.807) is 18.2 Å². The van der Waals surface area contributed by atoms with Gasteiger partial charge in [0, 0.05) is 17.8 Å². The lowest BCUT2D eigenvalue weighted by molar-refractivity contribution is -0.124. The summed E-state index contributed by atoms with van der Waals surface area (Å²) >= 11 is 0. The van der Waals surface area contributed by atoms with Gasteiger partial charge in [0.15, 0.2) is 6.61 Å². The van der Waals surface area contributed by atoms with E-state index in [4.69, 9.17) is 10.5 Å². The molecule has 1 fully saturated rings. The fourth-order valence-corrected chi connectivity index (χ4v) is 2.57. The summed E-state index contributed by atoms with van der Waals surface area (Å²) in [6.45, 7) is 4.62. The highest BCUT2D eigenvalue weighted by Crippen LogP contribution is 2.34. The minimum absolute atomic E-state index is 0.0450. The van der Waals surface area contributed by atoms with Crippen molar-refractivity contribution in [1.29, 1.82) is 0 Å². The van der Waals surface area contributed by atoms with Crippen LogP contribution in [0.1, 0.15) is 39.5 Å². The Bertz CT molecular complexity index is 461. The van der Waals surface area contributed by atoms with Crippen molar-refractivity contribution in [2.75, 3.05) is 12.3 Å². The molecule has 0 bridgehead atoms. The Balaban J connectivity index is 1.73. The smallest absolute Gasteiger partial charge is 0.258 e. The lowest BCUT2D eigenvalue weighted by Crippen LogP contribution is -2.41. The zero-order valence-corrected chi connectivity index (χ0v) is 12.3. The molecule has 4 nitrogen and oxygen atoms in total. The summed E-state index contributed by atoms with van der Waals surface area (Å²) in [6, 6.07) is 7.41. The normalized spacial score (nSPS) is 18.5. The first-order valence-corrected chi connectivity index (χ1v) is 7.22. The molecule has 0 unspecified atom stereocenters. The molecule has 0 radical (unpaired) electrons. The summed E-state index contributed by atoms with van der Waals surface area (Å²) in [5.74, 6) is 0.571. The summed E-state index contributed by atoms with van der Waals surface area (Å²) in [4.78, 5) is 11.9. The Hall–Kier alpha value is -1.71. The van der Waals surface area contributed by atoms with Crippen molar-refractivity contribution in [3.05, 3.63) is 24.3 Å². The lowest BCUT2D eigenvalue weighted by atomic mass is 9.75. The number of carbonyl (C=O) groups is 1. The third-order valence-corrected chi connectivity index (χ3v) is 3.93. The Morgan fingerprint density at radius 1 is 1.40 bits per heavy atom. The fraction of sp³-hybridized carbons (Fsp3) is 0.562.